The Balaban J connectivity index is 2.21. The van der Waals surface area contributed by atoms with E-state index in [-0.39, 0.29) is 12.5 Å². The average molecular weight is 281 g/mol. The molecule has 2 rings (SSSR count). The maximum absolute atomic E-state index is 11.7. The first kappa shape index (κ1) is 14.6. The number of nitrogens with one attached hydrogen (secondary N) is 1. The number of nitrogen functional groups attached to an aromatic ring is 1. The lowest BCUT2D eigenvalue weighted by molar-refractivity contribution is 0.0951. The van der Waals surface area contributed by atoms with E-state index in [1.165, 1.54) is 0 Å². The summed E-state index contributed by atoms with van der Waals surface area (Å²) >= 11 is 0. The first-order chi connectivity index (χ1) is 10.2. The number of hydrogen-bond acceptors (Lipinski definition) is 4. The van der Waals surface area contributed by atoms with E-state index in [0.29, 0.717) is 16.9 Å². The van der Waals surface area contributed by atoms with Gasteiger partial charge in [-0.2, -0.15) is 5.26 Å². The maximum Gasteiger partial charge on any atom is 0.265 e. The first-order valence-electron chi connectivity index (χ1n) is 6.38. The molecule has 0 heterocycles. The number of benzene rings is 2. The second kappa shape index (κ2) is 6.55. The molecule has 0 spiro atoms. The van der Waals surface area contributed by atoms with Crippen molar-refractivity contribution in [3.63, 3.8) is 0 Å². The van der Waals surface area contributed by atoms with E-state index in [4.69, 9.17) is 15.8 Å². The molecule has 1 amide bonds. The molecule has 0 saturated heterocycles. The molecule has 106 valence electrons. The molecule has 5 heteroatoms. The summed E-state index contributed by atoms with van der Waals surface area (Å²) in [7, 11) is 0. The summed E-state index contributed by atoms with van der Waals surface area (Å²) in [5, 5.41) is 8.91. The maximum atomic E-state index is 11.7. The normalized spacial score (nSPS) is 9.76. The molecule has 0 aliphatic rings. The summed E-state index contributed by atoms with van der Waals surface area (Å²) in [5.74, 6) is 5.42. The van der Waals surface area contributed by atoms with E-state index in [2.05, 4.69) is 11.5 Å². The molecule has 21 heavy (non-hydrogen) atoms. The zero-order valence-electron chi connectivity index (χ0n) is 11.6. The van der Waals surface area contributed by atoms with Crippen molar-refractivity contribution in [2.75, 3.05) is 0 Å². The molecule has 2 aromatic carbocycles. The number of nitriles is 1. The number of aryl methyl sites for hydroxylation is 1. The number of carbonyl (C=O) groups excluding carboxylic acids is 1. The van der Waals surface area contributed by atoms with Gasteiger partial charge in [-0.25, -0.2) is 5.84 Å². The van der Waals surface area contributed by atoms with Gasteiger partial charge in [0.1, 0.15) is 12.4 Å². The Morgan fingerprint density at radius 2 is 2.10 bits per heavy atom. The van der Waals surface area contributed by atoms with Crippen molar-refractivity contribution in [1.29, 1.82) is 5.26 Å². The lowest BCUT2D eigenvalue weighted by atomic mass is 10.1. The zero-order valence-corrected chi connectivity index (χ0v) is 11.6. The van der Waals surface area contributed by atoms with E-state index in [9.17, 15) is 4.79 Å². The molecule has 3 N–H and O–H groups in total. The van der Waals surface area contributed by atoms with Gasteiger partial charge in [-0.05, 0) is 30.7 Å². The zero-order chi connectivity index (χ0) is 15.2. The van der Waals surface area contributed by atoms with Crippen LogP contribution in [0.2, 0.25) is 0 Å². The Morgan fingerprint density at radius 3 is 2.81 bits per heavy atom. The quantitative estimate of drug-likeness (QED) is 0.510. The average Bonchev–Trinajstić information content (AvgIpc) is 2.53. The fourth-order valence-electron chi connectivity index (χ4n) is 1.93. The van der Waals surface area contributed by atoms with Crippen molar-refractivity contribution in [1.82, 2.24) is 5.43 Å². The molecule has 0 aromatic heterocycles. The van der Waals surface area contributed by atoms with Crippen molar-refractivity contribution in [3.05, 3.63) is 64.7 Å². The lowest BCUT2D eigenvalue weighted by Crippen LogP contribution is -2.30. The number of hydrazine groups is 1. The number of ether oxygens (including phenoxy) is 1. The minimum absolute atomic E-state index is 0.222. The van der Waals surface area contributed by atoms with E-state index in [1.807, 2.05) is 19.1 Å². The number of nitrogens with zero attached hydrogens (tertiary/aromatic N) is 1. The summed E-state index contributed by atoms with van der Waals surface area (Å²) in [4.78, 5) is 11.7. The Bertz CT molecular complexity index is 705. The molecule has 0 atom stereocenters. The molecule has 0 aliphatic heterocycles. The molecule has 0 fully saturated rings. The van der Waals surface area contributed by atoms with Crippen LogP contribution in [-0.2, 0) is 6.61 Å². The van der Waals surface area contributed by atoms with Gasteiger partial charge in [0.25, 0.3) is 5.91 Å². The van der Waals surface area contributed by atoms with E-state index < -0.39 is 0 Å². The molecular formula is C16H15N3O2. The third kappa shape index (κ3) is 3.38. The fraction of sp³-hybridized carbons (Fsp3) is 0.125. The fourth-order valence-corrected chi connectivity index (χ4v) is 1.93. The molecule has 0 bridgehead atoms. The van der Waals surface area contributed by atoms with Gasteiger partial charge in [0.15, 0.2) is 0 Å². The summed E-state index contributed by atoms with van der Waals surface area (Å²) < 4.78 is 5.73. The summed E-state index contributed by atoms with van der Waals surface area (Å²) in [6.45, 7) is 2.12. The SMILES string of the molecule is Cc1ccc(C#N)cc1OCc1ccccc1C(=O)NN. The predicted octanol–water partition coefficient (Wildman–Crippen LogP) is 2.05. The number of rotatable bonds is 4. The molecular weight excluding hydrogens is 266 g/mol. The van der Waals surface area contributed by atoms with Crippen molar-refractivity contribution in [3.8, 4) is 11.8 Å². The predicted molar refractivity (Wildman–Crippen MR) is 78.3 cm³/mol. The van der Waals surface area contributed by atoms with Gasteiger partial charge in [-0.3, -0.25) is 10.2 Å². The van der Waals surface area contributed by atoms with Crippen LogP contribution in [0.4, 0.5) is 0 Å². The monoisotopic (exact) mass is 281 g/mol. The second-order valence-electron chi connectivity index (χ2n) is 4.51. The van der Waals surface area contributed by atoms with Gasteiger partial charge in [-0.1, -0.05) is 24.3 Å². The van der Waals surface area contributed by atoms with Gasteiger partial charge in [-0.15, -0.1) is 0 Å². The van der Waals surface area contributed by atoms with Gasteiger partial charge >= 0.3 is 0 Å². The van der Waals surface area contributed by atoms with Crippen LogP contribution >= 0.6 is 0 Å². The number of amides is 1. The number of nitrogens with two attached hydrogens (primary N) is 1. The highest BCUT2D eigenvalue weighted by Crippen LogP contribution is 2.21. The topological polar surface area (TPSA) is 88.1 Å². The van der Waals surface area contributed by atoms with Crippen LogP contribution < -0.4 is 16.0 Å². The highest BCUT2D eigenvalue weighted by molar-refractivity contribution is 5.95. The van der Waals surface area contributed by atoms with E-state index in [1.54, 1.807) is 30.3 Å². The third-order valence-electron chi connectivity index (χ3n) is 3.09. The van der Waals surface area contributed by atoms with Gasteiger partial charge < -0.3 is 4.74 Å². The molecule has 2 aromatic rings. The first-order valence-corrected chi connectivity index (χ1v) is 6.38. The Kier molecular flexibility index (Phi) is 4.54. The van der Waals surface area contributed by atoms with Crippen molar-refractivity contribution < 1.29 is 9.53 Å². The number of carbonyl (C=O) groups is 1. The summed E-state index contributed by atoms with van der Waals surface area (Å²) in [6, 6.07) is 14.4. The van der Waals surface area contributed by atoms with Crippen LogP contribution in [0.15, 0.2) is 42.5 Å². The van der Waals surface area contributed by atoms with Crippen molar-refractivity contribution in [2.24, 2.45) is 5.84 Å². The van der Waals surface area contributed by atoms with Gasteiger partial charge in [0, 0.05) is 11.1 Å². The lowest BCUT2D eigenvalue weighted by Gasteiger charge is -2.12. The minimum Gasteiger partial charge on any atom is -0.489 e. The highest BCUT2D eigenvalue weighted by atomic mass is 16.5. The van der Waals surface area contributed by atoms with Crippen molar-refractivity contribution >= 4 is 5.91 Å². The van der Waals surface area contributed by atoms with Crippen LogP contribution in [-0.4, -0.2) is 5.91 Å². The Hall–Kier alpha value is -2.84. The van der Waals surface area contributed by atoms with Crippen LogP contribution in [0.25, 0.3) is 0 Å². The van der Waals surface area contributed by atoms with Crippen LogP contribution in [0.5, 0.6) is 5.75 Å². The smallest absolute Gasteiger partial charge is 0.265 e. The largest absolute Gasteiger partial charge is 0.489 e. The Morgan fingerprint density at radius 1 is 1.33 bits per heavy atom. The van der Waals surface area contributed by atoms with E-state index >= 15 is 0 Å². The standard InChI is InChI=1S/C16H15N3O2/c1-11-6-7-12(9-17)8-15(11)21-10-13-4-2-3-5-14(13)16(20)19-18/h2-8H,10,18H2,1H3,(H,19,20). The molecule has 0 radical (unpaired) electrons. The van der Waals surface area contributed by atoms with Crippen LogP contribution in [0.3, 0.4) is 0 Å². The van der Waals surface area contributed by atoms with E-state index in [0.717, 1.165) is 11.1 Å². The molecule has 5 nitrogen and oxygen atoms in total. The molecule has 0 saturated carbocycles. The molecule has 0 aliphatic carbocycles. The van der Waals surface area contributed by atoms with Crippen LogP contribution in [0, 0.1) is 18.3 Å². The third-order valence-corrected chi connectivity index (χ3v) is 3.09. The summed E-state index contributed by atoms with van der Waals surface area (Å²) in [5.41, 5.74) is 4.76. The van der Waals surface area contributed by atoms with Gasteiger partial charge in [0.05, 0.1) is 11.6 Å². The van der Waals surface area contributed by atoms with Gasteiger partial charge in [0.2, 0.25) is 0 Å². The van der Waals surface area contributed by atoms with Crippen LogP contribution in [0.1, 0.15) is 27.0 Å². The summed E-state index contributed by atoms with van der Waals surface area (Å²) in [6.07, 6.45) is 0. The molecule has 0 unspecified atom stereocenters. The second-order valence-corrected chi connectivity index (χ2v) is 4.51. The minimum atomic E-state index is -0.364. The number of hydrogen-bond donors (Lipinski definition) is 2. The van der Waals surface area contributed by atoms with Crippen molar-refractivity contribution in [2.45, 2.75) is 13.5 Å². The Labute approximate surface area is 122 Å². The highest BCUT2D eigenvalue weighted by Gasteiger charge is 2.10.